The molecule has 0 unspecified atom stereocenters. The Kier molecular flexibility index (Phi) is 2.94. The van der Waals surface area contributed by atoms with E-state index in [9.17, 15) is 0 Å². The molecule has 1 heteroatoms. The van der Waals surface area contributed by atoms with Crippen LogP contribution >= 0.6 is 0 Å². The molecule has 0 heterocycles. The van der Waals surface area contributed by atoms with Crippen molar-refractivity contribution in [3.8, 4) is 18.4 Å². The largest absolute Gasteiger partial charge is 0.198 e. The second kappa shape index (κ2) is 4.21. The second-order valence-corrected chi connectivity index (χ2v) is 2.50. The summed E-state index contributed by atoms with van der Waals surface area (Å²) in [5, 5.41) is 8.36. The molecule has 0 spiro atoms. The molecule has 1 rings (SSSR count). The van der Waals surface area contributed by atoms with Gasteiger partial charge in [-0.05, 0) is 24.1 Å². The van der Waals surface area contributed by atoms with Crippen molar-refractivity contribution < 1.29 is 0 Å². The number of nitrogens with zero attached hydrogens (tertiary/aromatic N) is 1. The highest BCUT2D eigenvalue weighted by Gasteiger charge is 1.92. The van der Waals surface area contributed by atoms with Crippen LogP contribution in [0.25, 0.3) is 0 Å². The number of nitriles is 1. The fraction of sp³-hybridized carbons (Fsp3) is 0.182. The first-order chi connectivity index (χ1) is 5.86. The third-order valence-electron chi connectivity index (χ3n) is 1.62. The molecule has 0 atom stereocenters. The van der Waals surface area contributed by atoms with Gasteiger partial charge in [0, 0.05) is 12.0 Å². The molecule has 1 nitrogen and oxygen atoms in total. The second-order valence-electron chi connectivity index (χ2n) is 2.50. The predicted octanol–water partition coefficient (Wildman–Crippen LogP) is 2.12. The van der Waals surface area contributed by atoms with Crippen molar-refractivity contribution in [1.82, 2.24) is 0 Å². The van der Waals surface area contributed by atoms with Gasteiger partial charge in [0.05, 0.1) is 6.07 Å². The first kappa shape index (κ1) is 8.37. The number of benzene rings is 1. The Bertz CT molecular complexity index is 339. The summed E-state index contributed by atoms with van der Waals surface area (Å²) in [4.78, 5) is 0. The summed E-state index contributed by atoms with van der Waals surface area (Å²) in [6, 6.07) is 9.83. The van der Waals surface area contributed by atoms with Gasteiger partial charge in [0.15, 0.2) is 0 Å². The summed E-state index contributed by atoms with van der Waals surface area (Å²) >= 11 is 0. The molecular formula is C11H9N. The first-order valence-corrected chi connectivity index (χ1v) is 3.79. The zero-order chi connectivity index (χ0) is 8.81. The number of terminal acetylenes is 1. The van der Waals surface area contributed by atoms with Gasteiger partial charge in [-0.1, -0.05) is 18.1 Å². The molecule has 58 valence electrons. The van der Waals surface area contributed by atoms with E-state index in [0.717, 1.165) is 17.5 Å². The maximum atomic E-state index is 8.36. The van der Waals surface area contributed by atoms with Gasteiger partial charge in [-0.25, -0.2) is 0 Å². The quantitative estimate of drug-likeness (QED) is 0.600. The molecule has 0 aromatic heterocycles. The topological polar surface area (TPSA) is 23.8 Å². The number of hydrogen-bond donors (Lipinski definition) is 0. The van der Waals surface area contributed by atoms with Crippen molar-refractivity contribution in [2.45, 2.75) is 12.8 Å². The van der Waals surface area contributed by atoms with Gasteiger partial charge in [0.1, 0.15) is 0 Å². The van der Waals surface area contributed by atoms with E-state index < -0.39 is 0 Å². The average Bonchev–Trinajstić information content (AvgIpc) is 2.15. The van der Waals surface area contributed by atoms with Crippen LogP contribution in [0.15, 0.2) is 24.3 Å². The molecule has 12 heavy (non-hydrogen) atoms. The van der Waals surface area contributed by atoms with E-state index in [1.165, 1.54) is 0 Å². The van der Waals surface area contributed by atoms with Gasteiger partial charge in [0.2, 0.25) is 0 Å². The molecule has 1 aromatic carbocycles. The highest BCUT2D eigenvalue weighted by Crippen LogP contribution is 2.05. The first-order valence-electron chi connectivity index (χ1n) is 3.79. The number of rotatable bonds is 2. The lowest BCUT2D eigenvalue weighted by atomic mass is 10.1. The minimum atomic E-state index is 0.550. The number of hydrogen-bond acceptors (Lipinski definition) is 1. The van der Waals surface area contributed by atoms with E-state index >= 15 is 0 Å². The summed E-state index contributed by atoms with van der Waals surface area (Å²) in [7, 11) is 0. The Balaban J connectivity index is 2.76. The van der Waals surface area contributed by atoms with Crippen molar-refractivity contribution >= 4 is 0 Å². The lowest BCUT2D eigenvalue weighted by molar-refractivity contribution is 1.01. The smallest absolute Gasteiger partial charge is 0.0625 e. The van der Waals surface area contributed by atoms with Crippen molar-refractivity contribution in [2.75, 3.05) is 0 Å². The lowest BCUT2D eigenvalue weighted by Gasteiger charge is -1.96. The van der Waals surface area contributed by atoms with Crippen LogP contribution in [0.1, 0.15) is 17.5 Å². The summed E-state index contributed by atoms with van der Waals surface area (Å²) in [6.45, 7) is 0. The molecule has 1 aromatic rings. The summed E-state index contributed by atoms with van der Waals surface area (Å²) in [5.41, 5.74) is 2.01. The predicted molar refractivity (Wildman–Crippen MR) is 48.3 cm³/mol. The normalized spacial score (nSPS) is 8.50. The lowest BCUT2D eigenvalue weighted by Crippen LogP contribution is -1.84. The Morgan fingerprint density at radius 3 is 2.92 bits per heavy atom. The zero-order valence-electron chi connectivity index (χ0n) is 6.75. The molecule has 0 aliphatic heterocycles. The van der Waals surface area contributed by atoms with Gasteiger partial charge in [-0.3, -0.25) is 0 Å². The monoisotopic (exact) mass is 155 g/mol. The van der Waals surface area contributed by atoms with Gasteiger partial charge in [-0.2, -0.15) is 5.26 Å². The van der Waals surface area contributed by atoms with E-state index in [0.29, 0.717) is 6.42 Å². The van der Waals surface area contributed by atoms with Gasteiger partial charge >= 0.3 is 0 Å². The van der Waals surface area contributed by atoms with Crippen molar-refractivity contribution in [3.05, 3.63) is 35.4 Å². The maximum absolute atomic E-state index is 8.36. The minimum absolute atomic E-state index is 0.550. The molecule has 0 saturated heterocycles. The van der Waals surface area contributed by atoms with Gasteiger partial charge in [0.25, 0.3) is 0 Å². The molecule has 0 radical (unpaired) electrons. The zero-order valence-corrected chi connectivity index (χ0v) is 6.75. The SMILES string of the molecule is C#Cc1cccc(CCC#N)c1. The minimum Gasteiger partial charge on any atom is -0.198 e. The van der Waals surface area contributed by atoms with Crippen molar-refractivity contribution in [1.29, 1.82) is 5.26 Å². The van der Waals surface area contributed by atoms with Crippen LogP contribution in [-0.2, 0) is 6.42 Å². The molecular weight excluding hydrogens is 146 g/mol. The van der Waals surface area contributed by atoms with E-state index in [1.807, 2.05) is 24.3 Å². The van der Waals surface area contributed by atoms with Gasteiger partial charge < -0.3 is 0 Å². The molecule has 0 saturated carbocycles. The van der Waals surface area contributed by atoms with Gasteiger partial charge in [-0.15, -0.1) is 6.42 Å². The molecule has 0 aliphatic rings. The summed E-state index contributed by atoms with van der Waals surface area (Å²) in [6.07, 6.45) is 6.57. The van der Waals surface area contributed by atoms with Crippen LogP contribution in [0, 0.1) is 23.7 Å². The van der Waals surface area contributed by atoms with Crippen LogP contribution in [0.4, 0.5) is 0 Å². The maximum Gasteiger partial charge on any atom is 0.0625 e. The third-order valence-corrected chi connectivity index (χ3v) is 1.62. The molecule has 0 amide bonds. The third kappa shape index (κ3) is 2.15. The Labute approximate surface area is 72.6 Å². The standard InChI is InChI=1S/C11H9N/c1-2-10-5-3-6-11(9-10)7-4-8-12/h1,3,5-6,9H,4,7H2. The van der Waals surface area contributed by atoms with E-state index in [2.05, 4.69) is 12.0 Å². The van der Waals surface area contributed by atoms with Crippen molar-refractivity contribution in [2.24, 2.45) is 0 Å². The molecule has 0 bridgehead atoms. The van der Waals surface area contributed by atoms with E-state index in [4.69, 9.17) is 11.7 Å². The summed E-state index contributed by atoms with van der Waals surface area (Å²) in [5.74, 6) is 2.56. The number of aryl methyl sites for hydroxylation is 1. The van der Waals surface area contributed by atoms with E-state index in [1.54, 1.807) is 0 Å². The average molecular weight is 155 g/mol. The van der Waals surface area contributed by atoms with E-state index in [-0.39, 0.29) is 0 Å². The molecule has 0 fully saturated rings. The fourth-order valence-corrected chi connectivity index (χ4v) is 1.02. The summed E-state index contributed by atoms with van der Waals surface area (Å²) < 4.78 is 0. The molecule has 0 N–H and O–H groups in total. The van der Waals surface area contributed by atoms with Crippen LogP contribution in [0.5, 0.6) is 0 Å². The highest BCUT2D eigenvalue weighted by atomic mass is 14.2. The van der Waals surface area contributed by atoms with Crippen LogP contribution in [0.3, 0.4) is 0 Å². The van der Waals surface area contributed by atoms with Crippen LogP contribution in [0.2, 0.25) is 0 Å². The Morgan fingerprint density at radius 2 is 2.25 bits per heavy atom. The Hall–Kier alpha value is -1.73. The molecule has 0 aliphatic carbocycles. The van der Waals surface area contributed by atoms with Crippen LogP contribution < -0.4 is 0 Å². The van der Waals surface area contributed by atoms with Crippen molar-refractivity contribution in [3.63, 3.8) is 0 Å². The fourth-order valence-electron chi connectivity index (χ4n) is 1.02. The van der Waals surface area contributed by atoms with Crippen LogP contribution in [-0.4, -0.2) is 0 Å². The highest BCUT2D eigenvalue weighted by molar-refractivity contribution is 5.35. The Morgan fingerprint density at radius 1 is 1.42 bits per heavy atom.